The lowest BCUT2D eigenvalue weighted by molar-refractivity contribution is -0.149. The number of aromatic amines is 1. The number of para-hydroxylation sites is 1. The molecule has 3 aromatic rings. The predicted molar refractivity (Wildman–Crippen MR) is 167 cm³/mol. The van der Waals surface area contributed by atoms with Crippen LogP contribution < -0.4 is 10.6 Å². The number of carbonyl (C=O) groups is 3. The van der Waals surface area contributed by atoms with E-state index in [1.54, 1.807) is 12.2 Å². The Morgan fingerprint density at radius 2 is 1.65 bits per heavy atom. The SMILES string of the molecule is C=CC[C@@H](CC(=O)NCCOCCO)C(=O)N[C@H](COC(=O)[C@@H](CC=C)Cc1ccccc1)Cc1c[nH]c2ccccc12. The zero-order valence-corrected chi connectivity index (χ0v) is 24.6. The lowest BCUT2D eigenvalue weighted by Gasteiger charge is -2.23. The van der Waals surface area contributed by atoms with E-state index in [1.807, 2.05) is 60.8 Å². The van der Waals surface area contributed by atoms with E-state index in [0.29, 0.717) is 25.7 Å². The number of esters is 1. The Bertz CT molecular complexity index is 1320. The van der Waals surface area contributed by atoms with Gasteiger partial charge < -0.3 is 30.2 Å². The molecule has 0 aliphatic heterocycles. The average molecular weight is 590 g/mol. The molecular formula is C34H43N3O6. The first-order valence-corrected chi connectivity index (χ1v) is 14.7. The van der Waals surface area contributed by atoms with E-state index in [-0.39, 0.29) is 57.2 Å². The Balaban J connectivity index is 1.70. The fraction of sp³-hybridized carbons (Fsp3) is 0.382. The van der Waals surface area contributed by atoms with E-state index in [0.717, 1.165) is 22.0 Å². The standard InChI is InChI=1S/C34H43N3O6/c1-3-10-26(22-32(39)35-16-18-42-19-17-38)33(40)37-29(21-28-23-36-31-15-9-8-14-30(28)31)24-43-34(41)27(11-4-2)20-25-12-6-5-7-13-25/h3-9,12-15,23,26-27,29,36,38H,1-2,10-11,16-22,24H2,(H,35,39)(H,37,40)/t26-,27-,29-/m0/s1. The number of ether oxygens (including phenoxy) is 2. The van der Waals surface area contributed by atoms with Crippen LogP contribution in [0, 0.1) is 11.8 Å². The maximum atomic E-state index is 13.5. The Morgan fingerprint density at radius 1 is 0.930 bits per heavy atom. The van der Waals surface area contributed by atoms with Crippen molar-refractivity contribution in [3.05, 3.63) is 97.2 Å². The van der Waals surface area contributed by atoms with Crippen molar-refractivity contribution in [2.75, 3.05) is 33.0 Å². The average Bonchev–Trinajstić information content (AvgIpc) is 3.42. The molecule has 0 aliphatic carbocycles. The van der Waals surface area contributed by atoms with Crippen molar-refractivity contribution in [2.45, 2.75) is 38.1 Å². The molecule has 9 nitrogen and oxygen atoms in total. The summed E-state index contributed by atoms with van der Waals surface area (Å²) in [6.07, 6.45) is 6.90. The molecule has 3 atom stereocenters. The minimum Gasteiger partial charge on any atom is -0.463 e. The number of aliphatic hydroxyl groups is 1. The third-order valence-electron chi connectivity index (χ3n) is 7.08. The van der Waals surface area contributed by atoms with E-state index < -0.39 is 17.9 Å². The lowest BCUT2D eigenvalue weighted by atomic mass is 9.96. The Hall–Kier alpha value is -4.21. The molecule has 0 spiro atoms. The van der Waals surface area contributed by atoms with E-state index in [9.17, 15) is 14.4 Å². The fourth-order valence-corrected chi connectivity index (χ4v) is 4.91. The van der Waals surface area contributed by atoms with Crippen molar-refractivity contribution in [2.24, 2.45) is 11.8 Å². The molecule has 0 fully saturated rings. The van der Waals surface area contributed by atoms with Gasteiger partial charge in [0.25, 0.3) is 0 Å². The number of fused-ring (bicyclic) bond motifs is 1. The number of hydrogen-bond acceptors (Lipinski definition) is 6. The molecule has 1 aromatic heterocycles. The molecule has 0 unspecified atom stereocenters. The van der Waals surface area contributed by atoms with Crippen LogP contribution in [0.15, 0.2) is 86.1 Å². The van der Waals surface area contributed by atoms with Crippen molar-refractivity contribution >= 4 is 28.7 Å². The molecule has 0 aliphatic rings. The second-order valence-corrected chi connectivity index (χ2v) is 10.4. The fourth-order valence-electron chi connectivity index (χ4n) is 4.91. The van der Waals surface area contributed by atoms with Crippen molar-refractivity contribution in [3.8, 4) is 0 Å². The van der Waals surface area contributed by atoms with Crippen molar-refractivity contribution in [3.63, 3.8) is 0 Å². The Morgan fingerprint density at radius 3 is 2.40 bits per heavy atom. The summed E-state index contributed by atoms with van der Waals surface area (Å²) in [6.45, 7) is 8.17. The van der Waals surface area contributed by atoms with E-state index in [1.165, 1.54) is 0 Å². The zero-order chi connectivity index (χ0) is 30.9. The molecular weight excluding hydrogens is 546 g/mol. The van der Waals surface area contributed by atoms with Crippen LogP contribution in [-0.4, -0.2) is 66.9 Å². The third-order valence-corrected chi connectivity index (χ3v) is 7.08. The van der Waals surface area contributed by atoms with Crippen LogP contribution >= 0.6 is 0 Å². The van der Waals surface area contributed by atoms with Crippen LogP contribution in [0.3, 0.4) is 0 Å². The predicted octanol–water partition coefficient (Wildman–Crippen LogP) is 3.88. The van der Waals surface area contributed by atoms with Gasteiger partial charge in [-0.1, -0.05) is 60.7 Å². The molecule has 3 rings (SSSR count). The molecule has 0 saturated carbocycles. The lowest BCUT2D eigenvalue weighted by Crippen LogP contribution is -2.44. The summed E-state index contributed by atoms with van der Waals surface area (Å²) in [5.74, 6) is -2.01. The highest BCUT2D eigenvalue weighted by atomic mass is 16.5. The highest BCUT2D eigenvalue weighted by Crippen LogP contribution is 2.21. The number of aromatic nitrogens is 1. The summed E-state index contributed by atoms with van der Waals surface area (Å²) in [6, 6.07) is 17.1. The summed E-state index contributed by atoms with van der Waals surface area (Å²) in [5.41, 5.74) is 2.97. The first-order chi connectivity index (χ1) is 20.9. The number of benzene rings is 2. The minimum absolute atomic E-state index is 0.0261. The van der Waals surface area contributed by atoms with Gasteiger partial charge in [-0.25, -0.2) is 0 Å². The molecule has 2 amide bonds. The van der Waals surface area contributed by atoms with Crippen molar-refractivity contribution in [1.29, 1.82) is 0 Å². The summed E-state index contributed by atoms with van der Waals surface area (Å²) in [4.78, 5) is 42.5. The molecule has 230 valence electrons. The molecule has 0 bridgehead atoms. The summed E-state index contributed by atoms with van der Waals surface area (Å²) in [7, 11) is 0. The maximum Gasteiger partial charge on any atom is 0.309 e. The van der Waals surface area contributed by atoms with Crippen LogP contribution in [-0.2, 0) is 36.7 Å². The van der Waals surface area contributed by atoms with Gasteiger partial charge in [-0.15, -0.1) is 13.2 Å². The number of allylic oxidation sites excluding steroid dienone is 2. The quantitative estimate of drug-likeness (QED) is 0.0900. The normalized spacial score (nSPS) is 13.0. The highest BCUT2D eigenvalue weighted by molar-refractivity contribution is 5.86. The maximum absolute atomic E-state index is 13.5. The van der Waals surface area contributed by atoms with Gasteiger partial charge in [-0.05, 0) is 42.9 Å². The molecule has 9 heteroatoms. The molecule has 4 N–H and O–H groups in total. The topological polar surface area (TPSA) is 130 Å². The van der Waals surface area contributed by atoms with Gasteiger partial charge in [-0.2, -0.15) is 0 Å². The number of hydrogen-bond donors (Lipinski definition) is 4. The first kappa shape index (κ1) is 33.3. The van der Waals surface area contributed by atoms with Crippen LogP contribution in [0.4, 0.5) is 0 Å². The Labute approximate surface area is 253 Å². The van der Waals surface area contributed by atoms with Gasteiger partial charge in [0.05, 0.1) is 37.7 Å². The smallest absolute Gasteiger partial charge is 0.309 e. The van der Waals surface area contributed by atoms with E-state index >= 15 is 0 Å². The largest absolute Gasteiger partial charge is 0.463 e. The van der Waals surface area contributed by atoms with Gasteiger partial charge >= 0.3 is 5.97 Å². The van der Waals surface area contributed by atoms with Gasteiger partial charge in [0, 0.05) is 30.1 Å². The molecule has 43 heavy (non-hydrogen) atoms. The second kappa shape index (κ2) is 18.4. The molecule has 2 aromatic carbocycles. The van der Waals surface area contributed by atoms with Gasteiger partial charge in [0.1, 0.15) is 6.61 Å². The summed E-state index contributed by atoms with van der Waals surface area (Å²) >= 11 is 0. The summed E-state index contributed by atoms with van der Waals surface area (Å²) < 4.78 is 11.0. The van der Waals surface area contributed by atoms with Crippen molar-refractivity contribution < 1.29 is 29.0 Å². The van der Waals surface area contributed by atoms with Gasteiger partial charge in [0.2, 0.25) is 11.8 Å². The van der Waals surface area contributed by atoms with Gasteiger partial charge in [0.15, 0.2) is 0 Å². The molecule has 0 radical (unpaired) electrons. The number of carbonyl (C=O) groups excluding carboxylic acids is 3. The van der Waals surface area contributed by atoms with Crippen LogP contribution in [0.25, 0.3) is 10.9 Å². The van der Waals surface area contributed by atoms with Crippen molar-refractivity contribution in [1.82, 2.24) is 15.6 Å². The number of rotatable bonds is 20. The number of amides is 2. The first-order valence-electron chi connectivity index (χ1n) is 14.7. The second-order valence-electron chi connectivity index (χ2n) is 10.4. The number of aliphatic hydroxyl groups excluding tert-OH is 1. The van der Waals surface area contributed by atoms with Crippen LogP contribution in [0.5, 0.6) is 0 Å². The van der Waals surface area contributed by atoms with Gasteiger partial charge in [-0.3, -0.25) is 14.4 Å². The van der Waals surface area contributed by atoms with E-state index in [4.69, 9.17) is 14.6 Å². The van der Waals surface area contributed by atoms with Crippen LogP contribution in [0.2, 0.25) is 0 Å². The number of nitrogens with one attached hydrogen (secondary N) is 3. The minimum atomic E-state index is -0.649. The van der Waals surface area contributed by atoms with Crippen LogP contribution in [0.1, 0.15) is 30.4 Å². The number of H-pyrrole nitrogens is 1. The monoisotopic (exact) mass is 589 g/mol. The zero-order valence-electron chi connectivity index (χ0n) is 24.6. The summed E-state index contributed by atoms with van der Waals surface area (Å²) in [5, 5.41) is 15.6. The van der Waals surface area contributed by atoms with E-state index in [2.05, 4.69) is 28.8 Å². The molecule has 1 heterocycles. The molecule has 0 saturated heterocycles. The third kappa shape index (κ3) is 11.2. The highest BCUT2D eigenvalue weighted by Gasteiger charge is 2.26. The Kier molecular flexibility index (Phi) is 14.2.